The molecule has 7 heteroatoms. The molecule has 0 heterocycles. The molecule has 1 N–H and O–H groups in total. The van der Waals surface area contributed by atoms with Crippen molar-refractivity contribution in [2.75, 3.05) is 6.61 Å². The van der Waals surface area contributed by atoms with Crippen molar-refractivity contribution in [1.82, 2.24) is 5.32 Å². The van der Waals surface area contributed by atoms with Gasteiger partial charge in [-0.3, -0.25) is 4.79 Å². The highest BCUT2D eigenvalue weighted by atomic mass is 19.4. The monoisotopic (exact) mass is 391 g/mol. The van der Waals surface area contributed by atoms with Crippen molar-refractivity contribution in [3.05, 3.63) is 77.4 Å². The van der Waals surface area contributed by atoms with E-state index in [9.17, 15) is 22.8 Å². The van der Waals surface area contributed by atoms with Gasteiger partial charge in [-0.1, -0.05) is 42.5 Å². The van der Waals surface area contributed by atoms with E-state index in [4.69, 9.17) is 4.74 Å². The Kier molecular flexibility index (Phi) is 7.37. The molecule has 1 atom stereocenters. The normalized spacial score (nSPS) is 12.6. The maximum Gasteiger partial charge on any atom is 0.416 e. The first-order valence-corrected chi connectivity index (χ1v) is 8.66. The van der Waals surface area contributed by atoms with Crippen molar-refractivity contribution in [3.63, 3.8) is 0 Å². The molecule has 2 aromatic carbocycles. The summed E-state index contributed by atoms with van der Waals surface area (Å²) >= 11 is 0. The van der Waals surface area contributed by atoms with Crippen LogP contribution < -0.4 is 5.32 Å². The number of halogens is 3. The second-order valence-corrected chi connectivity index (χ2v) is 5.96. The molecule has 148 valence electrons. The van der Waals surface area contributed by atoms with Crippen LogP contribution >= 0.6 is 0 Å². The Morgan fingerprint density at radius 2 is 1.71 bits per heavy atom. The summed E-state index contributed by atoms with van der Waals surface area (Å²) in [5.74, 6) is -1.10. The van der Waals surface area contributed by atoms with E-state index in [2.05, 4.69) is 5.32 Å². The fourth-order valence-corrected chi connectivity index (χ4v) is 2.46. The van der Waals surface area contributed by atoms with Crippen LogP contribution in [0.5, 0.6) is 0 Å². The summed E-state index contributed by atoms with van der Waals surface area (Å²) in [4.78, 5) is 24.3. The molecule has 0 fully saturated rings. The molecule has 0 aliphatic carbocycles. The fourth-order valence-electron chi connectivity index (χ4n) is 2.46. The van der Waals surface area contributed by atoms with E-state index in [0.29, 0.717) is 5.56 Å². The van der Waals surface area contributed by atoms with E-state index in [1.54, 1.807) is 6.92 Å². The number of alkyl halides is 3. The van der Waals surface area contributed by atoms with Crippen molar-refractivity contribution in [2.24, 2.45) is 0 Å². The molecule has 1 unspecified atom stereocenters. The van der Waals surface area contributed by atoms with Gasteiger partial charge in [0, 0.05) is 12.5 Å². The molecule has 0 saturated carbocycles. The van der Waals surface area contributed by atoms with E-state index in [1.165, 1.54) is 24.3 Å². The molecule has 2 rings (SSSR count). The number of hydrogen-bond donors (Lipinski definition) is 1. The summed E-state index contributed by atoms with van der Waals surface area (Å²) < 4.78 is 42.7. The van der Waals surface area contributed by atoms with Crippen LogP contribution in [0.4, 0.5) is 13.2 Å². The molecule has 4 nitrogen and oxygen atoms in total. The van der Waals surface area contributed by atoms with Gasteiger partial charge in [-0.2, -0.15) is 13.2 Å². The average Bonchev–Trinajstić information content (AvgIpc) is 2.66. The van der Waals surface area contributed by atoms with Crippen LogP contribution in [0.15, 0.2) is 60.7 Å². The summed E-state index contributed by atoms with van der Waals surface area (Å²) in [5, 5.41) is 2.58. The summed E-state index contributed by atoms with van der Waals surface area (Å²) in [6, 6.07) is 12.7. The number of amides is 1. The summed E-state index contributed by atoms with van der Waals surface area (Å²) in [6.45, 7) is 1.85. The lowest BCUT2D eigenvalue weighted by atomic mass is 10.1. The minimum Gasteiger partial charge on any atom is -0.464 e. The third-order valence-electron chi connectivity index (χ3n) is 3.84. The lowest BCUT2D eigenvalue weighted by Crippen LogP contribution is -2.42. The minimum absolute atomic E-state index is 0.182. The van der Waals surface area contributed by atoms with Crippen LogP contribution in [0.1, 0.15) is 23.6 Å². The third kappa shape index (κ3) is 6.57. The van der Waals surface area contributed by atoms with Crippen molar-refractivity contribution in [1.29, 1.82) is 0 Å². The van der Waals surface area contributed by atoms with Crippen molar-refractivity contribution < 1.29 is 27.5 Å². The summed E-state index contributed by atoms with van der Waals surface area (Å²) in [5.41, 5.74) is 0.519. The number of hydrogen-bond acceptors (Lipinski definition) is 3. The second kappa shape index (κ2) is 9.73. The molecule has 0 aliphatic rings. The average molecular weight is 391 g/mol. The first-order chi connectivity index (χ1) is 13.3. The van der Waals surface area contributed by atoms with Crippen LogP contribution in [0.25, 0.3) is 6.08 Å². The van der Waals surface area contributed by atoms with E-state index in [0.717, 1.165) is 17.7 Å². The predicted octanol–water partition coefficient (Wildman–Crippen LogP) is 4.01. The minimum atomic E-state index is -4.41. The number of nitrogens with one attached hydrogen (secondary N) is 1. The van der Waals surface area contributed by atoms with Gasteiger partial charge in [0.2, 0.25) is 5.91 Å². The van der Waals surface area contributed by atoms with Gasteiger partial charge in [0.05, 0.1) is 12.2 Å². The fraction of sp³-hybridized carbons (Fsp3) is 0.238. The largest absolute Gasteiger partial charge is 0.464 e. The van der Waals surface area contributed by atoms with E-state index in [1.807, 2.05) is 30.3 Å². The Hall–Kier alpha value is -3.09. The highest BCUT2D eigenvalue weighted by Gasteiger charge is 2.29. The Bertz CT molecular complexity index is 815. The van der Waals surface area contributed by atoms with Crippen LogP contribution in [0, 0.1) is 0 Å². The Morgan fingerprint density at radius 1 is 1.07 bits per heavy atom. The first-order valence-electron chi connectivity index (χ1n) is 8.66. The van der Waals surface area contributed by atoms with E-state index < -0.39 is 29.7 Å². The number of carbonyl (C=O) groups excluding carboxylic acids is 2. The molecule has 0 radical (unpaired) electrons. The third-order valence-corrected chi connectivity index (χ3v) is 3.84. The van der Waals surface area contributed by atoms with Crippen LogP contribution in [-0.2, 0) is 26.9 Å². The van der Waals surface area contributed by atoms with Crippen LogP contribution in [0.2, 0.25) is 0 Å². The maximum absolute atomic E-state index is 12.6. The number of benzene rings is 2. The molecule has 0 bridgehead atoms. The molecule has 1 amide bonds. The van der Waals surface area contributed by atoms with Gasteiger partial charge in [0.1, 0.15) is 6.04 Å². The van der Waals surface area contributed by atoms with E-state index >= 15 is 0 Å². The molecule has 0 aromatic heterocycles. The second-order valence-electron chi connectivity index (χ2n) is 5.96. The highest BCUT2D eigenvalue weighted by Crippen LogP contribution is 2.29. The lowest BCUT2D eigenvalue weighted by Gasteiger charge is -2.16. The summed E-state index contributed by atoms with van der Waals surface area (Å²) in [7, 11) is 0. The van der Waals surface area contributed by atoms with Crippen molar-refractivity contribution in [3.8, 4) is 0 Å². The summed E-state index contributed by atoms with van der Waals surface area (Å²) in [6.07, 6.45) is -1.61. The smallest absolute Gasteiger partial charge is 0.416 e. The van der Waals surface area contributed by atoms with Gasteiger partial charge in [-0.25, -0.2) is 4.79 Å². The number of carbonyl (C=O) groups is 2. The number of esters is 1. The van der Waals surface area contributed by atoms with Crippen LogP contribution in [-0.4, -0.2) is 24.5 Å². The SMILES string of the molecule is CCOC(=O)C(Cc1ccccc1)NC(=O)/C=C/c1ccc(C(F)(F)F)cc1. The van der Waals surface area contributed by atoms with Crippen LogP contribution in [0.3, 0.4) is 0 Å². The van der Waals surface area contributed by atoms with Gasteiger partial charge in [0.25, 0.3) is 0 Å². The standard InChI is InChI=1S/C21H20F3NO3/c1-2-28-20(27)18(14-16-6-4-3-5-7-16)25-19(26)13-10-15-8-11-17(12-9-15)21(22,23)24/h3-13,18H,2,14H2,1H3,(H,25,26)/b13-10+. The van der Waals surface area contributed by atoms with Gasteiger partial charge in [-0.05, 0) is 36.3 Å². The molecule has 0 saturated heterocycles. The zero-order chi connectivity index (χ0) is 20.6. The number of rotatable bonds is 7. The molecule has 28 heavy (non-hydrogen) atoms. The predicted molar refractivity (Wildman–Crippen MR) is 99.2 cm³/mol. The molecule has 0 spiro atoms. The molecular formula is C21H20F3NO3. The van der Waals surface area contributed by atoms with E-state index in [-0.39, 0.29) is 13.0 Å². The molecule has 2 aromatic rings. The number of ether oxygens (including phenoxy) is 1. The quantitative estimate of drug-likeness (QED) is 0.573. The van der Waals surface area contributed by atoms with Crippen molar-refractivity contribution in [2.45, 2.75) is 25.6 Å². The van der Waals surface area contributed by atoms with Gasteiger partial charge in [-0.15, -0.1) is 0 Å². The Morgan fingerprint density at radius 3 is 2.29 bits per heavy atom. The zero-order valence-corrected chi connectivity index (χ0v) is 15.2. The molecular weight excluding hydrogens is 371 g/mol. The Labute approximate surface area is 161 Å². The first kappa shape index (κ1) is 21.2. The lowest BCUT2D eigenvalue weighted by molar-refractivity contribution is -0.147. The topological polar surface area (TPSA) is 55.4 Å². The zero-order valence-electron chi connectivity index (χ0n) is 15.2. The van der Waals surface area contributed by atoms with Gasteiger partial charge >= 0.3 is 12.1 Å². The highest BCUT2D eigenvalue weighted by molar-refractivity contribution is 5.94. The maximum atomic E-state index is 12.6. The molecule has 0 aliphatic heterocycles. The van der Waals surface area contributed by atoms with Gasteiger partial charge < -0.3 is 10.1 Å². The van der Waals surface area contributed by atoms with Crippen molar-refractivity contribution >= 4 is 18.0 Å². The van der Waals surface area contributed by atoms with Gasteiger partial charge in [0.15, 0.2) is 0 Å². The Balaban J connectivity index is 2.03.